The largest absolute Gasteiger partial charge is 0.507 e. The summed E-state index contributed by atoms with van der Waals surface area (Å²) in [6.45, 7) is 8.07. The maximum atomic E-state index is 11.1. The Morgan fingerprint density at radius 2 is 1.94 bits per heavy atom. The summed E-state index contributed by atoms with van der Waals surface area (Å²) in [5.41, 5.74) is 2.39. The molecule has 0 fully saturated rings. The highest BCUT2D eigenvalue weighted by molar-refractivity contribution is 5.87. The van der Waals surface area contributed by atoms with Gasteiger partial charge in [0.1, 0.15) is 5.75 Å². The van der Waals surface area contributed by atoms with E-state index in [0.717, 1.165) is 11.1 Å². The van der Waals surface area contributed by atoms with Crippen molar-refractivity contribution < 1.29 is 14.6 Å². The Kier molecular flexibility index (Phi) is 4.17. The molecule has 0 saturated carbocycles. The third-order valence-electron chi connectivity index (χ3n) is 2.69. The van der Waals surface area contributed by atoms with Crippen LogP contribution >= 0.6 is 0 Å². The maximum absolute atomic E-state index is 11.1. The van der Waals surface area contributed by atoms with Gasteiger partial charge in [-0.2, -0.15) is 0 Å². The second-order valence-corrected chi connectivity index (χ2v) is 5.36. The number of aryl methyl sites for hydroxylation is 1. The number of hydrogen-bond donors (Lipinski definition) is 1. The summed E-state index contributed by atoms with van der Waals surface area (Å²) < 4.78 is 4.53. The topological polar surface area (TPSA) is 46.5 Å². The minimum absolute atomic E-state index is 0.149. The molecule has 0 heterocycles. The lowest BCUT2D eigenvalue weighted by atomic mass is 9.84. The van der Waals surface area contributed by atoms with Crippen molar-refractivity contribution in [3.8, 4) is 5.75 Å². The molecule has 98 valence electrons. The van der Waals surface area contributed by atoms with E-state index in [1.165, 1.54) is 13.2 Å². The van der Waals surface area contributed by atoms with E-state index in [1.807, 2.05) is 39.8 Å². The predicted molar refractivity (Wildman–Crippen MR) is 72.6 cm³/mol. The molecule has 1 aromatic rings. The van der Waals surface area contributed by atoms with E-state index >= 15 is 0 Å². The van der Waals surface area contributed by atoms with Gasteiger partial charge in [-0.1, -0.05) is 26.8 Å². The number of benzene rings is 1. The number of rotatable bonds is 2. The lowest BCUT2D eigenvalue weighted by Crippen LogP contribution is -2.12. The van der Waals surface area contributed by atoms with Gasteiger partial charge in [-0.05, 0) is 30.0 Å². The Morgan fingerprint density at radius 3 is 2.44 bits per heavy atom. The number of esters is 1. The number of hydrogen-bond acceptors (Lipinski definition) is 3. The van der Waals surface area contributed by atoms with Crippen LogP contribution in [0.1, 0.15) is 37.5 Å². The quantitative estimate of drug-likeness (QED) is 0.646. The zero-order chi connectivity index (χ0) is 13.9. The van der Waals surface area contributed by atoms with E-state index in [0.29, 0.717) is 5.56 Å². The average molecular weight is 248 g/mol. The number of ether oxygens (including phenoxy) is 1. The summed E-state index contributed by atoms with van der Waals surface area (Å²) in [6.07, 6.45) is 2.88. The summed E-state index contributed by atoms with van der Waals surface area (Å²) >= 11 is 0. The average Bonchev–Trinajstić information content (AvgIpc) is 2.27. The predicted octanol–water partition coefficient (Wildman–Crippen LogP) is 3.18. The van der Waals surface area contributed by atoms with Crippen molar-refractivity contribution in [3.63, 3.8) is 0 Å². The summed E-state index contributed by atoms with van der Waals surface area (Å²) in [4.78, 5) is 11.1. The lowest BCUT2D eigenvalue weighted by Gasteiger charge is -2.22. The molecule has 0 atom stereocenters. The molecule has 0 saturated heterocycles. The van der Waals surface area contributed by atoms with Gasteiger partial charge in [-0.3, -0.25) is 0 Å². The lowest BCUT2D eigenvalue weighted by molar-refractivity contribution is -0.134. The molecule has 1 aromatic carbocycles. The minimum atomic E-state index is -0.437. The first-order valence-electron chi connectivity index (χ1n) is 5.86. The molecule has 3 heteroatoms. The molecule has 0 aliphatic rings. The molecule has 18 heavy (non-hydrogen) atoms. The molecule has 0 amide bonds. The normalized spacial score (nSPS) is 11.8. The number of carbonyl (C=O) groups is 1. The summed E-state index contributed by atoms with van der Waals surface area (Å²) in [5, 5.41) is 10.2. The summed E-state index contributed by atoms with van der Waals surface area (Å²) in [5.74, 6) is -0.221. The van der Waals surface area contributed by atoms with Gasteiger partial charge >= 0.3 is 5.97 Å². The zero-order valence-corrected chi connectivity index (χ0v) is 11.6. The fourth-order valence-electron chi connectivity index (χ4n) is 1.73. The number of carbonyl (C=O) groups excluding carboxylic acids is 1. The summed E-state index contributed by atoms with van der Waals surface area (Å²) in [6, 6.07) is 3.80. The van der Waals surface area contributed by atoms with Crippen molar-refractivity contribution >= 4 is 12.0 Å². The SMILES string of the molecule is COC(=O)/C=C/c1cc(C)cc(C(C)(C)C)c1O. The molecule has 0 bridgehead atoms. The molecule has 1 N–H and O–H groups in total. The standard InChI is InChI=1S/C15H20O3/c1-10-8-11(6-7-13(16)18-5)14(17)12(9-10)15(2,3)4/h6-9,17H,1-5H3/b7-6+. The van der Waals surface area contributed by atoms with Crippen LogP contribution in [0.15, 0.2) is 18.2 Å². The Morgan fingerprint density at radius 1 is 1.33 bits per heavy atom. The van der Waals surface area contributed by atoms with Gasteiger partial charge < -0.3 is 9.84 Å². The highest BCUT2D eigenvalue weighted by atomic mass is 16.5. The van der Waals surface area contributed by atoms with Gasteiger partial charge in [0.05, 0.1) is 7.11 Å². The van der Waals surface area contributed by atoms with Crippen molar-refractivity contribution in [1.29, 1.82) is 0 Å². The molecular weight excluding hydrogens is 228 g/mol. The van der Waals surface area contributed by atoms with Crippen LogP contribution in [-0.4, -0.2) is 18.2 Å². The van der Waals surface area contributed by atoms with Crippen LogP contribution in [0.3, 0.4) is 0 Å². The van der Waals surface area contributed by atoms with Crippen LogP contribution in [0.25, 0.3) is 6.08 Å². The fraction of sp³-hybridized carbons (Fsp3) is 0.400. The second kappa shape index (κ2) is 5.25. The zero-order valence-electron chi connectivity index (χ0n) is 11.6. The van der Waals surface area contributed by atoms with Crippen LogP contribution in [0.4, 0.5) is 0 Å². The van der Waals surface area contributed by atoms with Crippen molar-refractivity contribution in [2.24, 2.45) is 0 Å². The Labute approximate surface area is 108 Å². The van der Waals surface area contributed by atoms with Crippen molar-refractivity contribution in [2.75, 3.05) is 7.11 Å². The molecule has 0 aliphatic heterocycles. The van der Waals surface area contributed by atoms with Gasteiger partial charge in [0.25, 0.3) is 0 Å². The first-order chi connectivity index (χ1) is 8.25. The number of phenols is 1. The van der Waals surface area contributed by atoms with Gasteiger partial charge in [0, 0.05) is 17.2 Å². The molecule has 0 radical (unpaired) electrons. The number of methoxy groups -OCH3 is 1. The van der Waals surface area contributed by atoms with Crippen molar-refractivity contribution in [2.45, 2.75) is 33.1 Å². The van der Waals surface area contributed by atoms with Gasteiger partial charge in [0.15, 0.2) is 0 Å². The van der Waals surface area contributed by atoms with Crippen LogP contribution in [0, 0.1) is 6.92 Å². The smallest absolute Gasteiger partial charge is 0.330 e. The first-order valence-corrected chi connectivity index (χ1v) is 5.86. The third-order valence-corrected chi connectivity index (χ3v) is 2.69. The molecule has 0 aliphatic carbocycles. The maximum Gasteiger partial charge on any atom is 0.330 e. The number of phenolic OH excluding ortho intramolecular Hbond substituents is 1. The van der Waals surface area contributed by atoms with Gasteiger partial charge in [0.2, 0.25) is 0 Å². The van der Waals surface area contributed by atoms with E-state index in [2.05, 4.69) is 4.74 Å². The van der Waals surface area contributed by atoms with Crippen LogP contribution in [0.2, 0.25) is 0 Å². The third kappa shape index (κ3) is 3.36. The highest BCUT2D eigenvalue weighted by Gasteiger charge is 2.20. The van der Waals surface area contributed by atoms with E-state index in [9.17, 15) is 9.90 Å². The minimum Gasteiger partial charge on any atom is -0.507 e. The molecule has 0 spiro atoms. The van der Waals surface area contributed by atoms with Crippen molar-refractivity contribution in [1.82, 2.24) is 0 Å². The molecule has 0 aromatic heterocycles. The van der Waals surface area contributed by atoms with E-state index in [-0.39, 0.29) is 11.2 Å². The Balaban J connectivity index is 3.26. The monoisotopic (exact) mass is 248 g/mol. The van der Waals surface area contributed by atoms with Crippen LogP contribution < -0.4 is 0 Å². The Bertz CT molecular complexity index is 479. The van der Waals surface area contributed by atoms with Gasteiger partial charge in [-0.25, -0.2) is 4.79 Å². The van der Waals surface area contributed by atoms with Gasteiger partial charge in [-0.15, -0.1) is 0 Å². The molecule has 0 unspecified atom stereocenters. The van der Waals surface area contributed by atoms with E-state index < -0.39 is 5.97 Å². The highest BCUT2D eigenvalue weighted by Crippen LogP contribution is 2.34. The first kappa shape index (κ1) is 14.3. The molecular formula is C15H20O3. The Hall–Kier alpha value is -1.77. The molecule has 3 nitrogen and oxygen atoms in total. The second-order valence-electron chi connectivity index (χ2n) is 5.36. The fourth-order valence-corrected chi connectivity index (χ4v) is 1.73. The number of aromatic hydroxyl groups is 1. The molecule has 1 rings (SSSR count). The van der Waals surface area contributed by atoms with E-state index in [1.54, 1.807) is 6.08 Å². The van der Waals surface area contributed by atoms with Crippen LogP contribution in [0.5, 0.6) is 5.75 Å². The van der Waals surface area contributed by atoms with E-state index in [4.69, 9.17) is 0 Å². The van der Waals surface area contributed by atoms with Crippen LogP contribution in [-0.2, 0) is 14.9 Å². The van der Waals surface area contributed by atoms with Crippen molar-refractivity contribution in [3.05, 3.63) is 34.9 Å². The summed E-state index contributed by atoms with van der Waals surface area (Å²) in [7, 11) is 1.32.